The Bertz CT molecular complexity index is 940. The summed E-state index contributed by atoms with van der Waals surface area (Å²) in [5.41, 5.74) is 4.52. The van der Waals surface area contributed by atoms with Gasteiger partial charge in [-0.2, -0.15) is 0 Å². The first-order chi connectivity index (χ1) is 15.0. The summed E-state index contributed by atoms with van der Waals surface area (Å²) in [5.74, 6) is -1.53. The molecule has 2 aliphatic rings. The maximum atomic E-state index is 12.1. The van der Waals surface area contributed by atoms with Gasteiger partial charge in [0.05, 0.1) is 12.5 Å². The lowest BCUT2D eigenvalue weighted by Crippen LogP contribution is -2.40. The summed E-state index contributed by atoms with van der Waals surface area (Å²) >= 11 is 0. The molecule has 0 spiro atoms. The average molecular weight is 422 g/mol. The van der Waals surface area contributed by atoms with Crippen molar-refractivity contribution >= 4 is 18.0 Å². The molecule has 0 bridgehead atoms. The van der Waals surface area contributed by atoms with Crippen molar-refractivity contribution in [2.45, 2.75) is 25.2 Å². The van der Waals surface area contributed by atoms with Gasteiger partial charge in [0.25, 0.3) is 0 Å². The minimum absolute atomic E-state index is 0.0503. The standard InChI is InChI=1S/C24H26N2O5/c27-22(25-12-16(23(28)29)11-15-9-10-15)13-26-24(30)31-14-21-19-7-3-1-5-17(19)18-6-2-4-8-20(18)21/h1-8,15-16,21H,9-14H2,(H,25,27)(H,26,30)(H,28,29). The highest BCUT2D eigenvalue weighted by Crippen LogP contribution is 2.44. The van der Waals surface area contributed by atoms with Crippen LogP contribution in [0.3, 0.4) is 0 Å². The Morgan fingerprint density at radius 2 is 1.58 bits per heavy atom. The molecule has 162 valence electrons. The van der Waals surface area contributed by atoms with Crippen LogP contribution in [-0.2, 0) is 14.3 Å². The van der Waals surface area contributed by atoms with E-state index in [0.29, 0.717) is 12.3 Å². The van der Waals surface area contributed by atoms with Gasteiger partial charge in [0.15, 0.2) is 0 Å². The highest BCUT2D eigenvalue weighted by atomic mass is 16.5. The van der Waals surface area contributed by atoms with Gasteiger partial charge in [-0.15, -0.1) is 0 Å². The maximum absolute atomic E-state index is 12.1. The number of amides is 2. The van der Waals surface area contributed by atoms with Gasteiger partial charge in [0, 0.05) is 12.5 Å². The molecule has 1 fully saturated rings. The van der Waals surface area contributed by atoms with Crippen molar-refractivity contribution in [3.8, 4) is 11.1 Å². The normalized spacial score (nSPS) is 15.5. The van der Waals surface area contributed by atoms with Crippen LogP contribution >= 0.6 is 0 Å². The van der Waals surface area contributed by atoms with Crippen molar-refractivity contribution in [1.29, 1.82) is 0 Å². The average Bonchev–Trinajstić information content (AvgIpc) is 3.54. The zero-order valence-electron chi connectivity index (χ0n) is 17.2. The molecule has 7 nitrogen and oxygen atoms in total. The van der Waals surface area contributed by atoms with Gasteiger partial charge in [-0.1, -0.05) is 61.4 Å². The zero-order valence-corrected chi connectivity index (χ0v) is 17.2. The Kier molecular flexibility index (Phi) is 6.21. The Morgan fingerprint density at radius 3 is 2.16 bits per heavy atom. The smallest absolute Gasteiger partial charge is 0.407 e. The van der Waals surface area contributed by atoms with E-state index < -0.39 is 23.9 Å². The largest absolute Gasteiger partial charge is 0.481 e. The summed E-state index contributed by atoms with van der Waals surface area (Å²) in [6.07, 6.45) is 2.02. The third-order valence-electron chi connectivity index (χ3n) is 5.95. The molecule has 2 aromatic carbocycles. The molecule has 7 heteroatoms. The van der Waals surface area contributed by atoms with Gasteiger partial charge in [0.2, 0.25) is 5.91 Å². The molecular weight excluding hydrogens is 396 g/mol. The van der Waals surface area contributed by atoms with Gasteiger partial charge >= 0.3 is 12.1 Å². The van der Waals surface area contributed by atoms with Crippen LogP contribution in [0.25, 0.3) is 11.1 Å². The second kappa shape index (κ2) is 9.20. The van der Waals surface area contributed by atoms with Gasteiger partial charge in [-0.05, 0) is 34.6 Å². The first kappa shape index (κ1) is 20.9. The highest BCUT2D eigenvalue weighted by molar-refractivity contribution is 5.83. The van der Waals surface area contributed by atoms with Gasteiger partial charge in [-0.3, -0.25) is 9.59 Å². The first-order valence-corrected chi connectivity index (χ1v) is 10.6. The summed E-state index contributed by atoms with van der Waals surface area (Å²) in [6.45, 7) is -0.0204. The van der Waals surface area contributed by atoms with E-state index in [0.717, 1.165) is 35.1 Å². The van der Waals surface area contributed by atoms with Gasteiger partial charge in [0.1, 0.15) is 6.61 Å². The summed E-state index contributed by atoms with van der Waals surface area (Å²) in [6, 6.07) is 16.1. The molecule has 2 amide bonds. The lowest BCUT2D eigenvalue weighted by Gasteiger charge is -2.15. The summed E-state index contributed by atoms with van der Waals surface area (Å²) in [5, 5.41) is 14.3. The van der Waals surface area contributed by atoms with Gasteiger partial charge < -0.3 is 20.5 Å². The van der Waals surface area contributed by atoms with Crippen LogP contribution in [0, 0.1) is 11.8 Å². The van der Waals surface area contributed by atoms with Crippen LogP contribution in [0.5, 0.6) is 0 Å². The van der Waals surface area contributed by atoms with Crippen LogP contribution in [-0.4, -0.2) is 42.8 Å². The molecule has 1 saturated carbocycles. The number of nitrogens with one attached hydrogen (secondary N) is 2. The lowest BCUT2D eigenvalue weighted by atomic mass is 9.98. The van der Waals surface area contributed by atoms with E-state index in [-0.39, 0.29) is 25.6 Å². The number of rotatable bonds is 9. The zero-order chi connectivity index (χ0) is 21.8. The monoisotopic (exact) mass is 422 g/mol. The number of carbonyl (C=O) groups excluding carboxylic acids is 2. The molecule has 3 N–H and O–H groups in total. The Hall–Kier alpha value is -3.35. The van der Waals surface area contributed by atoms with E-state index in [9.17, 15) is 19.5 Å². The van der Waals surface area contributed by atoms with Crippen LogP contribution in [0.4, 0.5) is 4.79 Å². The van der Waals surface area contributed by atoms with E-state index in [1.165, 1.54) is 0 Å². The number of ether oxygens (including phenoxy) is 1. The fourth-order valence-corrected chi connectivity index (χ4v) is 4.13. The first-order valence-electron chi connectivity index (χ1n) is 10.6. The summed E-state index contributed by atoms with van der Waals surface area (Å²) in [7, 11) is 0. The fourth-order valence-electron chi connectivity index (χ4n) is 4.13. The topological polar surface area (TPSA) is 105 Å². The molecule has 0 radical (unpaired) electrons. The minimum atomic E-state index is -0.906. The molecule has 0 aliphatic heterocycles. The number of hydrogen-bond donors (Lipinski definition) is 3. The van der Waals surface area contributed by atoms with E-state index >= 15 is 0 Å². The van der Waals surface area contributed by atoms with Crippen molar-refractivity contribution in [3.63, 3.8) is 0 Å². The second-order valence-electron chi connectivity index (χ2n) is 8.20. The Balaban J connectivity index is 1.24. The lowest BCUT2D eigenvalue weighted by molar-refractivity contribution is -0.142. The molecule has 1 atom stereocenters. The number of carboxylic acids is 1. The molecule has 2 aliphatic carbocycles. The SMILES string of the molecule is O=C(CNC(=O)OCC1c2ccccc2-c2ccccc21)NCC(CC1CC1)C(=O)O. The third-order valence-corrected chi connectivity index (χ3v) is 5.95. The number of carboxylic acid groups (broad SMARTS) is 1. The highest BCUT2D eigenvalue weighted by Gasteiger charge is 2.30. The maximum Gasteiger partial charge on any atom is 0.407 e. The molecule has 0 saturated heterocycles. The fraction of sp³-hybridized carbons (Fsp3) is 0.375. The number of alkyl carbamates (subject to hydrolysis) is 1. The summed E-state index contributed by atoms with van der Waals surface area (Å²) < 4.78 is 5.39. The van der Waals surface area contributed by atoms with E-state index in [1.807, 2.05) is 36.4 Å². The van der Waals surface area contributed by atoms with E-state index in [2.05, 4.69) is 22.8 Å². The van der Waals surface area contributed by atoms with Crippen molar-refractivity contribution < 1.29 is 24.2 Å². The Labute approximate surface area is 180 Å². The number of hydrogen-bond acceptors (Lipinski definition) is 4. The van der Waals surface area contributed by atoms with Crippen LogP contribution in [0.1, 0.15) is 36.3 Å². The predicted octanol–water partition coefficient (Wildman–Crippen LogP) is 3.14. The summed E-state index contributed by atoms with van der Waals surface area (Å²) in [4.78, 5) is 35.4. The van der Waals surface area contributed by atoms with Crippen LogP contribution < -0.4 is 10.6 Å². The Morgan fingerprint density at radius 1 is 0.968 bits per heavy atom. The van der Waals surface area contributed by atoms with Crippen LogP contribution in [0.15, 0.2) is 48.5 Å². The molecule has 2 aromatic rings. The number of fused-ring (bicyclic) bond motifs is 3. The number of aliphatic carboxylic acids is 1. The quantitative estimate of drug-likeness (QED) is 0.576. The van der Waals surface area contributed by atoms with Crippen molar-refractivity contribution in [3.05, 3.63) is 59.7 Å². The van der Waals surface area contributed by atoms with Crippen molar-refractivity contribution in [1.82, 2.24) is 10.6 Å². The molecular formula is C24H26N2O5. The minimum Gasteiger partial charge on any atom is -0.481 e. The molecule has 0 heterocycles. The second-order valence-corrected chi connectivity index (χ2v) is 8.20. The van der Waals surface area contributed by atoms with E-state index in [4.69, 9.17) is 4.74 Å². The molecule has 31 heavy (non-hydrogen) atoms. The third kappa shape index (κ3) is 5.05. The number of carbonyl (C=O) groups is 3. The van der Waals surface area contributed by atoms with Crippen molar-refractivity contribution in [2.24, 2.45) is 11.8 Å². The molecule has 0 aromatic heterocycles. The van der Waals surface area contributed by atoms with Crippen molar-refractivity contribution in [2.75, 3.05) is 19.7 Å². The van der Waals surface area contributed by atoms with Crippen LogP contribution in [0.2, 0.25) is 0 Å². The molecule has 1 unspecified atom stereocenters. The van der Waals surface area contributed by atoms with Gasteiger partial charge in [-0.25, -0.2) is 4.79 Å². The predicted molar refractivity (Wildman–Crippen MR) is 115 cm³/mol. The number of benzene rings is 2. The molecule has 4 rings (SSSR count). The van der Waals surface area contributed by atoms with E-state index in [1.54, 1.807) is 0 Å².